The van der Waals surface area contributed by atoms with Crippen LogP contribution in [0.25, 0.3) is 5.78 Å². The fourth-order valence-electron chi connectivity index (χ4n) is 1.47. The third kappa shape index (κ3) is 2.35. The molecular weight excluding hydrogens is 258 g/mol. The summed E-state index contributed by atoms with van der Waals surface area (Å²) in [6.45, 7) is 3.91. The number of ether oxygens (including phenoxy) is 1. The van der Waals surface area contributed by atoms with Crippen molar-refractivity contribution in [1.82, 2.24) is 19.6 Å². The van der Waals surface area contributed by atoms with Crippen LogP contribution in [-0.2, 0) is 9.53 Å². The topological polar surface area (TPSA) is 81.4 Å². The second kappa shape index (κ2) is 5.18. The molecule has 0 unspecified atom stereocenters. The van der Waals surface area contributed by atoms with Gasteiger partial charge in [-0.25, -0.2) is 0 Å². The van der Waals surface area contributed by atoms with E-state index in [-0.39, 0.29) is 12.5 Å². The van der Waals surface area contributed by atoms with Gasteiger partial charge in [0.05, 0.1) is 6.61 Å². The molecule has 0 atom stereocenters. The molecule has 0 radical (unpaired) electrons. The highest BCUT2D eigenvalue weighted by molar-refractivity contribution is 6.30. The minimum absolute atomic E-state index is 0.0317. The van der Waals surface area contributed by atoms with Gasteiger partial charge in [-0.2, -0.15) is 19.6 Å². The Bertz CT molecular complexity index is 583. The van der Waals surface area contributed by atoms with Gasteiger partial charge in [0.2, 0.25) is 0 Å². The Hall–Kier alpha value is -1.89. The number of fused-ring (bicyclic) bond motifs is 1. The van der Waals surface area contributed by atoms with Crippen molar-refractivity contribution in [3.63, 3.8) is 0 Å². The molecule has 7 nitrogen and oxygen atoms in total. The summed E-state index contributed by atoms with van der Waals surface area (Å²) in [6, 6.07) is 0. The van der Waals surface area contributed by atoms with Crippen molar-refractivity contribution in [2.45, 2.75) is 13.8 Å². The fourth-order valence-corrected chi connectivity index (χ4v) is 1.64. The molecule has 8 heteroatoms. The largest absolute Gasteiger partial charge is 0.465 e. The summed E-state index contributed by atoms with van der Waals surface area (Å²) >= 11 is 5.98. The van der Waals surface area contributed by atoms with Crippen molar-refractivity contribution in [2.24, 2.45) is 0 Å². The first-order valence-corrected chi connectivity index (χ1v) is 5.76. The van der Waals surface area contributed by atoms with Crippen molar-refractivity contribution in [2.75, 3.05) is 18.5 Å². The second-order valence-electron chi connectivity index (χ2n) is 3.51. The van der Waals surface area contributed by atoms with Crippen molar-refractivity contribution in [3.05, 3.63) is 17.0 Å². The van der Waals surface area contributed by atoms with Crippen molar-refractivity contribution >= 4 is 29.2 Å². The maximum Gasteiger partial charge on any atom is 0.325 e. The fraction of sp³-hybridized carbons (Fsp3) is 0.400. The smallest absolute Gasteiger partial charge is 0.325 e. The zero-order valence-electron chi connectivity index (χ0n) is 9.97. The number of hydrogen-bond donors (Lipinski definition) is 1. The van der Waals surface area contributed by atoms with Crippen LogP contribution in [0.1, 0.15) is 12.5 Å². The highest BCUT2D eigenvalue weighted by Gasteiger charge is 2.13. The molecule has 0 amide bonds. The number of aromatic nitrogens is 4. The molecule has 2 rings (SSSR count). The number of nitrogens with one attached hydrogen (secondary N) is 1. The van der Waals surface area contributed by atoms with E-state index in [1.807, 2.05) is 0 Å². The Morgan fingerprint density at radius 3 is 3.11 bits per heavy atom. The van der Waals surface area contributed by atoms with Crippen molar-refractivity contribution in [3.8, 4) is 0 Å². The molecular formula is C10H12ClN5O2. The SMILES string of the molecule is CCOC(=O)CNc1c(C)c(Cl)nc2ncnn12. The zero-order valence-corrected chi connectivity index (χ0v) is 10.7. The number of esters is 1. The molecule has 2 aromatic rings. The van der Waals surface area contributed by atoms with Crippen LogP contribution in [0.2, 0.25) is 5.15 Å². The Morgan fingerprint density at radius 2 is 2.39 bits per heavy atom. The van der Waals surface area contributed by atoms with E-state index in [4.69, 9.17) is 16.3 Å². The first-order valence-electron chi connectivity index (χ1n) is 5.38. The number of anilines is 1. The normalized spacial score (nSPS) is 10.6. The zero-order chi connectivity index (χ0) is 13.1. The lowest BCUT2D eigenvalue weighted by atomic mass is 10.3. The standard InChI is InChI=1S/C10H12ClN5O2/c1-3-18-7(17)4-12-9-6(2)8(11)15-10-13-5-14-16(9)10/h5,12H,3-4H2,1-2H3. The first kappa shape index (κ1) is 12.6. The van der Waals surface area contributed by atoms with Gasteiger partial charge in [0, 0.05) is 5.56 Å². The quantitative estimate of drug-likeness (QED) is 0.660. The lowest BCUT2D eigenvalue weighted by molar-refractivity contribution is -0.140. The van der Waals surface area contributed by atoms with Crippen LogP contribution >= 0.6 is 11.6 Å². The van der Waals surface area contributed by atoms with E-state index in [1.54, 1.807) is 13.8 Å². The molecule has 0 fully saturated rings. The lowest BCUT2D eigenvalue weighted by Crippen LogP contribution is -2.19. The number of hydrogen-bond acceptors (Lipinski definition) is 6. The number of carbonyl (C=O) groups excluding carboxylic acids is 1. The average molecular weight is 270 g/mol. The molecule has 0 aromatic carbocycles. The molecule has 2 aromatic heterocycles. The minimum atomic E-state index is -0.349. The predicted octanol–water partition coefficient (Wildman–Crippen LogP) is 1.06. The Morgan fingerprint density at radius 1 is 1.61 bits per heavy atom. The van der Waals surface area contributed by atoms with E-state index in [0.717, 1.165) is 0 Å². The molecule has 96 valence electrons. The van der Waals surface area contributed by atoms with Gasteiger partial charge in [-0.15, -0.1) is 0 Å². The maximum absolute atomic E-state index is 11.3. The monoisotopic (exact) mass is 269 g/mol. The second-order valence-corrected chi connectivity index (χ2v) is 3.86. The summed E-state index contributed by atoms with van der Waals surface area (Å²) in [5.74, 6) is 0.602. The van der Waals surface area contributed by atoms with Crippen LogP contribution in [0.15, 0.2) is 6.33 Å². The van der Waals surface area contributed by atoms with Crippen molar-refractivity contribution in [1.29, 1.82) is 0 Å². The minimum Gasteiger partial charge on any atom is -0.465 e. The molecule has 0 aliphatic carbocycles. The number of carbonyl (C=O) groups is 1. The van der Waals surface area contributed by atoms with E-state index >= 15 is 0 Å². The number of rotatable bonds is 4. The summed E-state index contributed by atoms with van der Waals surface area (Å²) in [5, 5.41) is 7.26. The summed E-state index contributed by atoms with van der Waals surface area (Å²) in [6.07, 6.45) is 1.37. The number of halogens is 1. The van der Waals surface area contributed by atoms with Crippen LogP contribution in [0.4, 0.5) is 5.82 Å². The van der Waals surface area contributed by atoms with E-state index < -0.39 is 0 Å². The van der Waals surface area contributed by atoms with Gasteiger partial charge in [-0.3, -0.25) is 4.79 Å². The van der Waals surface area contributed by atoms with E-state index in [2.05, 4.69) is 20.4 Å². The summed E-state index contributed by atoms with van der Waals surface area (Å²) in [5.41, 5.74) is 0.693. The van der Waals surface area contributed by atoms with Crippen LogP contribution in [-0.4, -0.2) is 38.7 Å². The Balaban J connectivity index is 2.28. The molecule has 0 aliphatic rings. The molecule has 18 heavy (non-hydrogen) atoms. The van der Waals surface area contributed by atoms with Crippen LogP contribution in [0.5, 0.6) is 0 Å². The van der Waals surface area contributed by atoms with Crippen LogP contribution in [0, 0.1) is 6.92 Å². The molecule has 0 saturated heterocycles. The molecule has 1 N–H and O–H groups in total. The first-order chi connectivity index (χ1) is 8.63. The van der Waals surface area contributed by atoms with Crippen LogP contribution < -0.4 is 5.32 Å². The summed E-state index contributed by atoms with van der Waals surface area (Å²) in [4.78, 5) is 19.3. The van der Waals surface area contributed by atoms with Crippen molar-refractivity contribution < 1.29 is 9.53 Å². The third-order valence-electron chi connectivity index (χ3n) is 2.31. The predicted molar refractivity (Wildman–Crippen MR) is 65.7 cm³/mol. The highest BCUT2D eigenvalue weighted by atomic mass is 35.5. The molecule has 2 heterocycles. The maximum atomic E-state index is 11.3. The highest BCUT2D eigenvalue weighted by Crippen LogP contribution is 2.21. The van der Waals surface area contributed by atoms with Gasteiger partial charge in [-0.05, 0) is 13.8 Å². The third-order valence-corrected chi connectivity index (χ3v) is 2.68. The van der Waals surface area contributed by atoms with Gasteiger partial charge in [-0.1, -0.05) is 11.6 Å². The lowest BCUT2D eigenvalue weighted by Gasteiger charge is -2.10. The summed E-state index contributed by atoms with van der Waals surface area (Å²) < 4.78 is 6.32. The number of nitrogens with zero attached hydrogens (tertiary/aromatic N) is 4. The molecule has 0 saturated carbocycles. The van der Waals surface area contributed by atoms with E-state index in [1.165, 1.54) is 10.8 Å². The van der Waals surface area contributed by atoms with E-state index in [9.17, 15) is 4.79 Å². The molecule has 0 aliphatic heterocycles. The van der Waals surface area contributed by atoms with Gasteiger partial charge < -0.3 is 10.1 Å². The molecule has 0 bridgehead atoms. The van der Waals surface area contributed by atoms with Gasteiger partial charge in [0.1, 0.15) is 23.8 Å². The van der Waals surface area contributed by atoms with E-state index in [0.29, 0.717) is 28.9 Å². The Labute approximate surface area is 108 Å². The Kier molecular flexibility index (Phi) is 3.61. The van der Waals surface area contributed by atoms with Gasteiger partial charge >= 0.3 is 5.97 Å². The van der Waals surface area contributed by atoms with Gasteiger partial charge in [0.25, 0.3) is 5.78 Å². The summed E-state index contributed by atoms with van der Waals surface area (Å²) in [7, 11) is 0. The van der Waals surface area contributed by atoms with Crippen LogP contribution in [0.3, 0.4) is 0 Å². The average Bonchev–Trinajstić information content (AvgIpc) is 2.77. The van der Waals surface area contributed by atoms with Gasteiger partial charge in [0.15, 0.2) is 0 Å². The molecule has 0 spiro atoms.